The van der Waals surface area contributed by atoms with Crippen molar-refractivity contribution in [1.29, 1.82) is 0 Å². The van der Waals surface area contributed by atoms with Crippen molar-refractivity contribution in [2.45, 2.75) is 33.1 Å². The minimum Gasteiger partial charge on any atom is -0.478 e. The van der Waals surface area contributed by atoms with Gasteiger partial charge in [-0.15, -0.1) is 0 Å². The number of carboxylic acids is 1. The van der Waals surface area contributed by atoms with Crippen LogP contribution in [0.5, 0.6) is 0 Å². The highest BCUT2D eigenvalue weighted by Crippen LogP contribution is 2.02. The van der Waals surface area contributed by atoms with Crippen LogP contribution in [0.2, 0.25) is 0 Å². The topological polar surface area (TPSA) is 54.4 Å². The first kappa shape index (κ1) is 10.9. The van der Waals surface area contributed by atoms with Gasteiger partial charge in [0.1, 0.15) is 0 Å². The molecule has 0 aliphatic rings. The molecule has 0 saturated carbocycles. The molecule has 0 aromatic rings. The van der Waals surface area contributed by atoms with Crippen molar-refractivity contribution in [2.75, 3.05) is 0 Å². The van der Waals surface area contributed by atoms with Crippen molar-refractivity contribution in [2.24, 2.45) is 0 Å². The molecule has 0 rings (SSSR count). The summed E-state index contributed by atoms with van der Waals surface area (Å²) in [6.07, 6.45) is 4.08. The van der Waals surface area contributed by atoms with E-state index in [0.717, 1.165) is 12.8 Å². The zero-order chi connectivity index (χ0) is 9.56. The normalized spacial score (nSPS) is 11.3. The second-order valence-corrected chi connectivity index (χ2v) is 2.62. The molecule has 1 N–H and O–H groups in total. The van der Waals surface area contributed by atoms with Crippen LogP contribution in [0.25, 0.3) is 0 Å². The molecule has 0 spiro atoms. The van der Waals surface area contributed by atoms with E-state index in [2.05, 4.69) is 0 Å². The van der Waals surface area contributed by atoms with E-state index in [1.807, 2.05) is 6.92 Å². The van der Waals surface area contributed by atoms with Crippen molar-refractivity contribution in [1.82, 2.24) is 0 Å². The van der Waals surface area contributed by atoms with Crippen LogP contribution in [0.1, 0.15) is 33.1 Å². The number of aliphatic carboxylic acids is 1. The standard InChI is InChI=1S/C9H14O3/c1-3-4-5-6-8(7(2)10)9(11)12/h6H,3-5H2,1-2H3,(H,11,12). The summed E-state index contributed by atoms with van der Waals surface area (Å²) in [4.78, 5) is 21.2. The number of unbranched alkanes of at least 4 members (excludes halogenated alkanes) is 2. The Hall–Kier alpha value is -1.12. The lowest BCUT2D eigenvalue weighted by molar-refractivity contribution is -0.134. The molecular weight excluding hydrogens is 156 g/mol. The lowest BCUT2D eigenvalue weighted by Crippen LogP contribution is -2.08. The molecule has 3 heteroatoms. The molecule has 0 unspecified atom stereocenters. The minimum atomic E-state index is -1.13. The number of carboxylic acid groups (broad SMARTS) is 1. The molecule has 0 aliphatic carbocycles. The van der Waals surface area contributed by atoms with Gasteiger partial charge < -0.3 is 5.11 Å². The van der Waals surface area contributed by atoms with E-state index >= 15 is 0 Å². The number of carbonyl (C=O) groups excluding carboxylic acids is 1. The van der Waals surface area contributed by atoms with Crippen molar-refractivity contribution < 1.29 is 14.7 Å². The fourth-order valence-corrected chi connectivity index (χ4v) is 0.832. The number of carbonyl (C=O) groups is 2. The molecule has 0 bridgehead atoms. The largest absolute Gasteiger partial charge is 0.478 e. The van der Waals surface area contributed by atoms with Crippen LogP contribution >= 0.6 is 0 Å². The predicted molar refractivity (Wildman–Crippen MR) is 45.9 cm³/mol. The van der Waals surface area contributed by atoms with Crippen molar-refractivity contribution in [3.8, 4) is 0 Å². The zero-order valence-electron chi connectivity index (χ0n) is 7.46. The van der Waals surface area contributed by atoms with E-state index < -0.39 is 5.97 Å². The van der Waals surface area contributed by atoms with E-state index in [9.17, 15) is 9.59 Å². The monoisotopic (exact) mass is 170 g/mol. The second-order valence-electron chi connectivity index (χ2n) is 2.62. The van der Waals surface area contributed by atoms with Crippen LogP contribution in [-0.2, 0) is 9.59 Å². The van der Waals surface area contributed by atoms with Crippen LogP contribution in [0.4, 0.5) is 0 Å². The minimum absolute atomic E-state index is 0.0940. The van der Waals surface area contributed by atoms with Gasteiger partial charge in [0.05, 0.1) is 5.57 Å². The first-order chi connectivity index (χ1) is 5.59. The van der Waals surface area contributed by atoms with Gasteiger partial charge in [-0.1, -0.05) is 25.8 Å². The number of ketones is 1. The quantitative estimate of drug-likeness (QED) is 0.296. The summed E-state index contributed by atoms with van der Waals surface area (Å²) in [6.45, 7) is 3.29. The van der Waals surface area contributed by atoms with Crippen LogP contribution in [0.15, 0.2) is 11.6 Å². The van der Waals surface area contributed by atoms with Gasteiger partial charge in [-0.3, -0.25) is 4.79 Å². The summed E-state index contributed by atoms with van der Waals surface area (Å²) in [6, 6.07) is 0. The van der Waals surface area contributed by atoms with Crippen molar-refractivity contribution >= 4 is 11.8 Å². The first-order valence-corrected chi connectivity index (χ1v) is 4.04. The van der Waals surface area contributed by atoms with Crippen molar-refractivity contribution in [3.63, 3.8) is 0 Å². The maximum absolute atomic E-state index is 10.7. The third-order valence-electron chi connectivity index (χ3n) is 1.52. The van der Waals surface area contributed by atoms with Crippen LogP contribution in [0.3, 0.4) is 0 Å². The molecule has 0 aromatic heterocycles. The Morgan fingerprint density at radius 1 is 1.42 bits per heavy atom. The van der Waals surface area contributed by atoms with Gasteiger partial charge in [0.25, 0.3) is 0 Å². The Morgan fingerprint density at radius 2 is 2.00 bits per heavy atom. The Balaban J connectivity index is 4.20. The summed E-state index contributed by atoms with van der Waals surface area (Å²) in [5.41, 5.74) is -0.0940. The molecule has 0 fully saturated rings. The van der Waals surface area contributed by atoms with E-state index in [0.29, 0.717) is 6.42 Å². The maximum Gasteiger partial charge on any atom is 0.338 e. The Morgan fingerprint density at radius 3 is 2.33 bits per heavy atom. The number of allylic oxidation sites excluding steroid dienone is 1. The van der Waals surface area contributed by atoms with Gasteiger partial charge in [0.15, 0.2) is 5.78 Å². The van der Waals surface area contributed by atoms with E-state index in [4.69, 9.17) is 5.11 Å². The highest BCUT2D eigenvalue weighted by atomic mass is 16.4. The fraction of sp³-hybridized carbons (Fsp3) is 0.556. The van der Waals surface area contributed by atoms with Gasteiger partial charge in [-0.2, -0.15) is 0 Å². The Kier molecular flexibility index (Phi) is 5.00. The average Bonchev–Trinajstić information content (AvgIpc) is 1.96. The van der Waals surface area contributed by atoms with Gasteiger partial charge in [0.2, 0.25) is 0 Å². The van der Waals surface area contributed by atoms with Gasteiger partial charge >= 0.3 is 5.97 Å². The number of rotatable bonds is 5. The molecule has 0 amide bonds. The molecule has 0 saturated heterocycles. The average molecular weight is 170 g/mol. The number of hydrogen-bond acceptors (Lipinski definition) is 2. The molecule has 68 valence electrons. The molecule has 0 aliphatic heterocycles. The third-order valence-corrected chi connectivity index (χ3v) is 1.52. The summed E-state index contributed by atoms with van der Waals surface area (Å²) in [7, 11) is 0. The fourth-order valence-electron chi connectivity index (χ4n) is 0.832. The maximum atomic E-state index is 10.7. The Bertz CT molecular complexity index is 188. The first-order valence-electron chi connectivity index (χ1n) is 4.04. The molecule has 0 atom stereocenters. The molecule has 0 aromatic carbocycles. The van der Waals surface area contributed by atoms with E-state index in [-0.39, 0.29) is 11.4 Å². The lowest BCUT2D eigenvalue weighted by Gasteiger charge is -1.95. The van der Waals surface area contributed by atoms with Gasteiger partial charge in [-0.05, 0) is 13.3 Å². The van der Waals surface area contributed by atoms with E-state index in [1.165, 1.54) is 13.0 Å². The van der Waals surface area contributed by atoms with E-state index in [1.54, 1.807) is 0 Å². The third kappa shape index (κ3) is 3.91. The van der Waals surface area contributed by atoms with Crippen LogP contribution in [-0.4, -0.2) is 16.9 Å². The van der Waals surface area contributed by atoms with Gasteiger partial charge in [-0.25, -0.2) is 4.79 Å². The second kappa shape index (κ2) is 5.52. The zero-order valence-corrected chi connectivity index (χ0v) is 7.46. The lowest BCUT2D eigenvalue weighted by atomic mass is 10.1. The summed E-state index contributed by atoms with van der Waals surface area (Å²) in [5, 5.41) is 8.55. The summed E-state index contributed by atoms with van der Waals surface area (Å²) < 4.78 is 0. The van der Waals surface area contributed by atoms with Crippen LogP contribution < -0.4 is 0 Å². The molecule has 0 radical (unpaired) electrons. The molecule has 3 nitrogen and oxygen atoms in total. The summed E-state index contributed by atoms with van der Waals surface area (Å²) >= 11 is 0. The molecule has 0 heterocycles. The van der Waals surface area contributed by atoms with Crippen molar-refractivity contribution in [3.05, 3.63) is 11.6 Å². The molecule has 12 heavy (non-hydrogen) atoms. The number of Topliss-reactive ketones (excluding diaryl/α,β-unsaturated/α-hetero) is 1. The number of hydrogen-bond donors (Lipinski definition) is 1. The SMILES string of the molecule is CCCCC=C(C(C)=O)C(=O)O. The highest BCUT2D eigenvalue weighted by molar-refractivity contribution is 6.15. The summed E-state index contributed by atoms with van der Waals surface area (Å²) in [5.74, 6) is -1.50. The van der Waals surface area contributed by atoms with Crippen LogP contribution in [0, 0.1) is 0 Å². The van der Waals surface area contributed by atoms with Gasteiger partial charge in [0, 0.05) is 0 Å². The highest BCUT2D eigenvalue weighted by Gasteiger charge is 2.10. The smallest absolute Gasteiger partial charge is 0.338 e. The molecular formula is C9H14O3. The Labute approximate surface area is 72.1 Å². The predicted octanol–water partition coefficient (Wildman–Crippen LogP) is 1.78.